The van der Waals surface area contributed by atoms with Gasteiger partial charge in [-0.05, 0) is 63.0 Å². The molecule has 0 spiro atoms. The SMILES string of the molecule is COc1ccc(N2CCC(N(C)C)CC2)c(/C=C2\SC(=O)NC2=O)c1. The van der Waals surface area contributed by atoms with Crippen LogP contribution in [0.3, 0.4) is 0 Å². The zero-order valence-corrected chi connectivity index (χ0v) is 15.6. The van der Waals surface area contributed by atoms with Gasteiger partial charge >= 0.3 is 0 Å². The van der Waals surface area contributed by atoms with Crippen LogP contribution in [0.25, 0.3) is 6.08 Å². The zero-order valence-electron chi connectivity index (χ0n) is 14.7. The quantitative estimate of drug-likeness (QED) is 0.832. The van der Waals surface area contributed by atoms with E-state index in [1.165, 1.54) is 0 Å². The Kier molecular flexibility index (Phi) is 5.34. The van der Waals surface area contributed by atoms with Crippen LogP contribution in [0.15, 0.2) is 23.1 Å². The highest BCUT2D eigenvalue weighted by molar-refractivity contribution is 8.18. The van der Waals surface area contributed by atoms with Crippen LogP contribution in [0.2, 0.25) is 0 Å². The molecule has 0 radical (unpaired) electrons. The van der Waals surface area contributed by atoms with Crippen molar-refractivity contribution in [1.82, 2.24) is 10.2 Å². The molecule has 2 saturated heterocycles. The smallest absolute Gasteiger partial charge is 0.290 e. The van der Waals surface area contributed by atoms with Gasteiger partial charge in [-0.25, -0.2) is 0 Å². The lowest BCUT2D eigenvalue weighted by Gasteiger charge is -2.37. The molecule has 0 unspecified atom stereocenters. The molecule has 1 aromatic rings. The zero-order chi connectivity index (χ0) is 18.0. The molecule has 25 heavy (non-hydrogen) atoms. The number of imide groups is 1. The number of hydrogen-bond acceptors (Lipinski definition) is 6. The standard InChI is InChI=1S/C18H23N3O3S/c1-20(2)13-6-8-21(9-7-13)15-5-4-14(24-3)10-12(15)11-16-17(22)19-18(23)25-16/h4-5,10-11,13H,6-9H2,1-3H3,(H,19,22,23)/b16-11-. The van der Waals surface area contributed by atoms with Crippen LogP contribution >= 0.6 is 11.8 Å². The van der Waals surface area contributed by atoms with Gasteiger partial charge in [0.2, 0.25) is 0 Å². The van der Waals surface area contributed by atoms with Gasteiger partial charge in [0.25, 0.3) is 11.1 Å². The molecule has 0 aliphatic carbocycles. The van der Waals surface area contributed by atoms with Crippen molar-refractivity contribution in [3.63, 3.8) is 0 Å². The van der Waals surface area contributed by atoms with E-state index in [0.717, 1.165) is 54.7 Å². The Morgan fingerprint density at radius 3 is 2.56 bits per heavy atom. The van der Waals surface area contributed by atoms with Crippen molar-refractivity contribution in [2.45, 2.75) is 18.9 Å². The van der Waals surface area contributed by atoms with Crippen molar-refractivity contribution >= 4 is 34.7 Å². The molecule has 2 fully saturated rings. The fraction of sp³-hybridized carbons (Fsp3) is 0.444. The molecule has 1 aromatic carbocycles. The van der Waals surface area contributed by atoms with Gasteiger partial charge in [-0.3, -0.25) is 14.9 Å². The van der Waals surface area contributed by atoms with Gasteiger partial charge in [-0.2, -0.15) is 0 Å². The summed E-state index contributed by atoms with van der Waals surface area (Å²) >= 11 is 0.937. The van der Waals surface area contributed by atoms with Crippen molar-refractivity contribution in [2.24, 2.45) is 0 Å². The maximum absolute atomic E-state index is 11.9. The highest BCUT2D eigenvalue weighted by Crippen LogP contribution is 2.33. The molecular weight excluding hydrogens is 338 g/mol. The third-order valence-electron chi connectivity index (χ3n) is 4.70. The van der Waals surface area contributed by atoms with E-state index in [9.17, 15) is 9.59 Å². The summed E-state index contributed by atoms with van der Waals surface area (Å²) in [5.41, 5.74) is 1.97. The van der Waals surface area contributed by atoms with E-state index in [2.05, 4.69) is 29.2 Å². The molecule has 6 nitrogen and oxygen atoms in total. The van der Waals surface area contributed by atoms with Crippen LogP contribution < -0.4 is 15.0 Å². The van der Waals surface area contributed by atoms with Crippen LogP contribution in [0, 0.1) is 0 Å². The summed E-state index contributed by atoms with van der Waals surface area (Å²) in [5.74, 6) is 0.392. The molecule has 2 aliphatic heterocycles. The largest absolute Gasteiger partial charge is 0.497 e. The molecule has 3 rings (SSSR count). The van der Waals surface area contributed by atoms with Gasteiger partial charge < -0.3 is 14.5 Å². The van der Waals surface area contributed by atoms with Crippen molar-refractivity contribution in [3.05, 3.63) is 28.7 Å². The summed E-state index contributed by atoms with van der Waals surface area (Å²) in [5, 5.41) is 1.97. The highest BCUT2D eigenvalue weighted by atomic mass is 32.2. The Labute approximate surface area is 152 Å². The summed E-state index contributed by atoms with van der Waals surface area (Å²) in [6, 6.07) is 6.48. The summed E-state index contributed by atoms with van der Waals surface area (Å²) in [7, 11) is 5.86. The van der Waals surface area contributed by atoms with Crippen molar-refractivity contribution in [2.75, 3.05) is 39.2 Å². The summed E-state index contributed by atoms with van der Waals surface area (Å²) in [6.45, 7) is 1.92. The molecule has 1 N–H and O–H groups in total. The van der Waals surface area contributed by atoms with Crippen LogP contribution in [-0.4, -0.2) is 56.4 Å². The Morgan fingerprint density at radius 2 is 2.00 bits per heavy atom. The van der Waals surface area contributed by atoms with Gasteiger partial charge in [-0.15, -0.1) is 0 Å². The molecule has 2 amide bonds. The second kappa shape index (κ2) is 7.49. The molecule has 2 heterocycles. The number of carbonyl (C=O) groups excluding carboxylic acids is 2. The van der Waals surface area contributed by atoms with E-state index in [1.54, 1.807) is 13.2 Å². The lowest BCUT2D eigenvalue weighted by molar-refractivity contribution is -0.115. The number of amides is 2. The van der Waals surface area contributed by atoms with E-state index < -0.39 is 0 Å². The lowest BCUT2D eigenvalue weighted by atomic mass is 10.0. The normalized spacial score (nSPS) is 20.5. The molecular formula is C18H23N3O3S. The Balaban J connectivity index is 1.88. The predicted octanol–water partition coefficient (Wildman–Crippen LogP) is 2.55. The summed E-state index contributed by atoms with van der Waals surface area (Å²) in [6.07, 6.45) is 3.98. The van der Waals surface area contributed by atoms with Crippen LogP contribution in [-0.2, 0) is 4.79 Å². The minimum absolute atomic E-state index is 0.326. The number of ether oxygens (including phenoxy) is 1. The fourth-order valence-corrected chi connectivity index (χ4v) is 3.92. The topological polar surface area (TPSA) is 61.9 Å². The maximum Gasteiger partial charge on any atom is 0.290 e. The van der Waals surface area contributed by atoms with Gasteiger partial charge in [0.1, 0.15) is 5.75 Å². The minimum atomic E-state index is -0.338. The molecule has 0 bridgehead atoms. The number of anilines is 1. The number of thioether (sulfide) groups is 1. The summed E-state index contributed by atoms with van der Waals surface area (Å²) < 4.78 is 5.33. The lowest BCUT2D eigenvalue weighted by Crippen LogP contribution is -2.42. The predicted molar refractivity (Wildman–Crippen MR) is 101 cm³/mol. The summed E-state index contributed by atoms with van der Waals surface area (Å²) in [4.78, 5) is 28.3. The Bertz CT molecular complexity index is 710. The number of methoxy groups -OCH3 is 1. The number of piperidine rings is 1. The third-order valence-corrected chi connectivity index (χ3v) is 5.51. The number of nitrogens with one attached hydrogen (secondary N) is 1. The average Bonchev–Trinajstić information content (AvgIpc) is 2.92. The first kappa shape index (κ1) is 17.8. The molecule has 134 valence electrons. The van der Waals surface area contributed by atoms with Crippen molar-refractivity contribution in [1.29, 1.82) is 0 Å². The van der Waals surface area contributed by atoms with E-state index in [4.69, 9.17) is 4.74 Å². The van der Waals surface area contributed by atoms with Crippen molar-refractivity contribution < 1.29 is 14.3 Å². The minimum Gasteiger partial charge on any atom is -0.497 e. The maximum atomic E-state index is 11.9. The van der Waals surface area contributed by atoms with Crippen LogP contribution in [0.1, 0.15) is 18.4 Å². The first-order chi connectivity index (χ1) is 12.0. The van der Waals surface area contributed by atoms with E-state index in [-0.39, 0.29) is 11.1 Å². The molecule has 0 atom stereocenters. The molecule has 0 aromatic heterocycles. The van der Waals surface area contributed by atoms with Gasteiger partial charge in [-0.1, -0.05) is 0 Å². The number of benzene rings is 1. The fourth-order valence-electron chi connectivity index (χ4n) is 3.25. The number of hydrogen-bond donors (Lipinski definition) is 1. The number of carbonyl (C=O) groups is 2. The number of rotatable bonds is 4. The van der Waals surface area contributed by atoms with E-state index in [1.807, 2.05) is 18.2 Å². The second-order valence-corrected chi connectivity index (χ2v) is 7.47. The molecule has 0 saturated carbocycles. The van der Waals surface area contributed by atoms with Gasteiger partial charge in [0.15, 0.2) is 0 Å². The van der Waals surface area contributed by atoms with Crippen molar-refractivity contribution in [3.8, 4) is 5.75 Å². The first-order valence-electron chi connectivity index (χ1n) is 8.32. The number of nitrogens with zero attached hydrogens (tertiary/aromatic N) is 2. The third kappa shape index (κ3) is 3.99. The van der Waals surface area contributed by atoms with E-state index in [0.29, 0.717) is 10.9 Å². The second-order valence-electron chi connectivity index (χ2n) is 6.46. The van der Waals surface area contributed by atoms with Crippen LogP contribution in [0.4, 0.5) is 10.5 Å². The monoisotopic (exact) mass is 361 g/mol. The average molecular weight is 361 g/mol. The first-order valence-corrected chi connectivity index (χ1v) is 9.14. The molecule has 7 heteroatoms. The van der Waals surface area contributed by atoms with E-state index >= 15 is 0 Å². The molecule has 2 aliphatic rings. The Hall–Kier alpha value is -1.99. The Morgan fingerprint density at radius 1 is 1.28 bits per heavy atom. The van der Waals surface area contributed by atoms with Crippen LogP contribution in [0.5, 0.6) is 5.75 Å². The van der Waals surface area contributed by atoms with Gasteiger partial charge in [0, 0.05) is 30.4 Å². The van der Waals surface area contributed by atoms with Gasteiger partial charge in [0.05, 0.1) is 12.0 Å². The highest BCUT2D eigenvalue weighted by Gasteiger charge is 2.27.